The van der Waals surface area contributed by atoms with Crippen molar-refractivity contribution in [1.29, 1.82) is 0 Å². The molecular weight excluding hydrogens is 318 g/mol. The van der Waals surface area contributed by atoms with Gasteiger partial charge in [-0.1, -0.05) is 35.4 Å². The minimum absolute atomic E-state index is 0.351. The Bertz CT molecular complexity index is 687. The van der Waals surface area contributed by atoms with Gasteiger partial charge in [-0.2, -0.15) is 0 Å². The van der Waals surface area contributed by atoms with Crippen molar-refractivity contribution in [1.82, 2.24) is 20.2 Å². The molecule has 7 nitrogen and oxygen atoms in total. The van der Waals surface area contributed by atoms with E-state index in [1.165, 1.54) is 0 Å². The number of hydrogen-bond donors (Lipinski definition) is 1. The number of nitrogens with one attached hydrogen (secondary N) is 1. The molecule has 0 saturated heterocycles. The summed E-state index contributed by atoms with van der Waals surface area (Å²) in [5.74, 6) is 1.60. The lowest BCUT2D eigenvalue weighted by Crippen LogP contribution is -2.08. The summed E-state index contributed by atoms with van der Waals surface area (Å²) in [5, 5.41) is 15.0. The van der Waals surface area contributed by atoms with E-state index in [0.29, 0.717) is 42.2 Å². The van der Waals surface area contributed by atoms with E-state index in [4.69, 9.17) is 21.1 Å². The van der Waals surface area contributed by atoms with Crippen LogP contribution in [-0.4, -0.2) is 33.9 Å². The lowest BCUT2D eigenvalue weighted by atomic mass is 10.2. The number of rotatable bonds is 9. The first-order valence-electron chi connectivity index (χ1n) is 6.90. The average Bonchev–Trinajstić information content (AvgIpc) is 2.99. The SMILES string of the molecule is C=CCOc1c(Cl)cc(CNc2nnnn2CC=C)cc1OC. The Morgan fingerprint density at radius 1 is 1.35 bits per heavy atom. The number of ether oxygens (including phenoxy) is 2. The van der Waals surface area contributed by atoms with Gasteiger partial charge in [0, 0.05) is 6.54 Å². The zero-order chi connectivity index (χ0) is 16.7. The highest BCUT2D eigenvalue weighted by molar-refractivity contribution is 6.32. The molecule has 1 aromatic carbocycles. The second kappa shape index (κ2) is 8.19. The third kappa shape index (κ3) is 4.23. The van der Waals surface area contributed by atoms with Crippen molar-refractivity contribution in [3.05, 3.63) is 48.0 Å². The van der Waals surface area contributed by atoms with Crippen molar-refractivity contribution in [2.24, 2.45) is 0 Å². The monoisotopic (exact) mass is 335 g/mol. The van der Waals surface area contributed by atoms with Crippen molar-refractivity contribution < 1.29 is 9.47 Å². The largest absolute Gasteiger partial charge is 0.493 e. The summed E-state index contributed by atoms with van der Waals surface area (Å²) in [7, 11) is 1.56. The predicted molar refractivity (Wildman–Crippen MR) is 89.0 cm³/mol. The molecule has 0 aliphatic heterocycles. The smallest absolute Gasteiger partial charge is 0.243 e. The molecule has 0 spiro atoms. The van der Waals surface area contributed by atoms with E-state index < -0.39 is 0 Å². The second-order valence-electron chi connectivity index (χ2n) is 4.54. The zero-order valence-corrected chi connectivity index (χ0v) is 13.6. The Morgan fingerprint density at radius 3 is 2.87 bits per heavy atom. The van der Waals surface area contributed by atoms with Crippen LogP contribution in [-0.2, 0) is 13.1 Å². The average molecular weight is 336 g/mol. The Kier molecular flexibility index (Phi) is 5.99. The van der Waals surface area contributed by atoms with Gasteiger partial charge in [-0.05, 0) is 28.1 Å². The lowest BCUT2D eigenvalue weighted by Gasteiger charge is -2.13. The van der Waals surface area contributed by atoms with E-state index in [0.717, 1.165) is 5.56 Å². The van der Waals surface area contributed by atoms with E-state index in [-0.39, 0.29) is 0 Å². The van der Waals surface area contributed by atoms with Crippen molar-refractivity contribution in [3.8, 4) is 11.5 Å². The van der Waals surface area contributed by atoms with Gasteiger partial charge in [0.2, 0.25) is 5.95 Å². The van der Waals surface area contributed by atoms with Crippen LogP contribution in [0, 0.1) is 0 Å². The molecule has 0 aliphatic rings. The molecule has 0 radical (unpaired) electrons. The standard InChI is InChI=1S/C15H18ClN5O2/c1-4-6-21-15(18-19-20-21)17-10-11-8-12(16)14(23-7-5-2)13(9-11)22-3/h4-5,8-9H,1-2,6-7,10H2,3H3,(H,17,18,20). The third-order valence-electron chi connectivity index (χ3n) is 2.92. The zero-order valence-electron chi connectivity index (χ0n) is 12.8. The predicted octanol–water partition coefficient (Wildman–Crippen LogP) is 2.70. The molecular formula is C15H18ClN5O2. The van der Waals surface area contributed by atoms with Crippen LogP contribution in [0.2, 0.25) is 5.02 Å². The molecule has 0 fully saturated rings. The molecule has 0 aliphatic carbocycles. The third-order valence-corrected chi connectivity index (χ3v) is 3.20. The first-order valence-corrected chi connectivity index (χ1v) is 7.28. The van der Waals surface area contributed by atoms with Crippen LogP contribution in [0.3, 0.4) is 0 Å². The van der Waals surface area contributed by atoms with Crippen LogP contribution < -0.4 is 14.8 Å². The summed E-state index contributed by atoms with van der Waals surface area (Å²) in [5.41, 5.74) is 0.908. The Labute approximate surface area is 139 Å². The summed E-state index contributed by atoms with van der Waals surface area (Å²) in [4.78, 5) is 0. The molecule has 0 atom stereocenters. The van der Waals surface area contributed by atoms with Crippen LogP contribution in [0.1, 0.15) is 5.56 Å². The lowest BCUT2D eigenvalue weighted by molar-refractivity contribution is 0.326. The summed E-state index contributed by atoms with van der Waals surface area (Å²) >= 11 is 6.26. The van der Waals surface area contributed by atoms with E-state index in [1.807, 2.05) is 6.07 Å². The van der Waals surface area contributed by atoms with Crippen LogP contribution in [0.15, 0.2) is 37.4 Å². The molecule has 0 bridgehead atoms. The van der Waals surface area contributed by atoms with Gasteiger partial charge < -0.3 is 14.8 Å². The van der Waals surface area contributed by atoms with Gasteiger partial charge in [0.15, 0.2) is 11.5 Å². The van der Waals surface area contributed by atoms with Gasteiger partial charge in [0.25, 0.3) is 0 Å². The van der Waals surface area contributed by atoms with Crippen molar-refractivity contribution in [2.45, 2.75) is 13.1 Å². The first kappa shape index (κ1) is 16.8. The molecule has 0 unspecified atom stereocenters. The number of benzene rings is 1. The van der Waals surface area contributed by atoms with E-state index in [2.05, 4.69) is 34.0 Å². The quantitative estimate of drug-likeness (QED) is 0.710. The highest BCUT2D eigenvalue weighted by Gasteiger charge is 2.12. The topological polar surface area (TPSA) is 74.1 Å². The molecule has 1 aromatic heterocycles. The summed E-state index contributed by atoms with van der Waals surface area (Å²) in [6, 6.07) is 3.65. The van der Waals surface area contributed by atoms with E-state index in [1.54, 1.807) is 30.0 Å². The first-order chi connectivity index (χ1) is 11.2. The highest BCUT2D eigenvalue weighted by atomic mass is 35.5. The number of hydrogen-bond acceptors (Lipinski definition) is 6. The maximum atomic E-state index is 6.26. The number of methoxy groups -OCH3 is 1. The number of tetrazole rings is 1. The van der Waals surface area contributed by atoms with Gasteiger partial charge >= 0.3 is 0 Å². The van der Waals surface area contributed by atoms with Gasteiger partial charge in [0.05, 0.1) is 18.7 Å². The maximum Gasteiger partial charge on any atom is 0.243 e. The van der Waals surface area contributed by atoms with Gasteiger partial charge in [-0.15, -0.1) is 6.58 Å². The molecule has 1 heterocycles. The summed E-state index contributed by atoms with van der Waals surface area (Å²) in [6.07, 6.45) is 3.36. The molecule has 23 heavy (non-hydrogen) atoms. The number of nitrogens with zero attached hydrogens (tertiary/aromatic N) is 4. The fraction of sp³-hybridized carbons (Fsp3) is 0.267. The Balaban J connectivity index is 2.13. The van der Waals surface area contributed by atoms with Gasteiger partial charge in [-0.25, -0.2) is 4.68 Å². The fourth-order valence-electron chi connectivity index (χ4n) is 1.92. The van der Waals surface area contributed by atoms with Crippen molar-refractivity contribution >= 4 is 17.5 Å². The van der Waals surface area contributed by atoms with Crippen molar-refractivity contribution in [3.63, 3.8) is 0 Å². The minimum Gasteiger partial charge on any atom is -0.493 e. The number of allylic oxidation sites excluding steroid dienone is 1. The molecule has 2 aromatic rings. The van der Waals surface area contributed by atoms with Crippen molar-refractivity contribution in [2.75, 3.05) is 19.0 Å². The molecule has 0 amide bonds. The second-order valence-corrected chi connectivity index (χ2v) is 4.94. The normalized spacial score (nSPS) is 10.2. The Hall–Kier alpha value is -2.54. The number of halogens is 1. The Morgan fingerprint density at radius 2 is 2.17 bits per heavy atom. The maximum absolute atomic E-state index is 6.26. The minimum atomic E-state index is 0.351. The number of aromatic nitrogens is 4. The number of anilines is 1. The molecule has 2 rings (SSSR count). The van der Waals surface area contributed by atoms with Crippen LogP contribution in [0.25, 0.3) is 0 Å². The molecule has 1 N–H and O–H groups in total. The van der Waals surface area contributed by atoms with Crippen LogP contribution in [0.4, 0.5) is 5.95 Å². The fourth-order valence-corrected chi connectivity index (χ4v) is 2.20. The molecule has 122 valence electrons. The van der Waals surface area contributed by atoms with E-state index in [9.17, 15) is 0 Å². The van der Waals surface area contributed by atoms with Crippen LogP contribution >= 0.6 is 11.6 Å². The van der Waals surface area contributed by atoms with Crippen LogP contribution in [0.5, 0.6) is 11.5 Å². The van der Waals surface area contributed by atoms with Gasteiger partial charge in [0.1, 0.15) is 6.61 Å². The highest BCUT2D eigenvalue weighted by Crippen LogP contribution is 2.36. The molecule has 8 heteroatoms. The summed E-state index contributed by atoms with van der Waals surface area (Å²) in [6.45, 7) is 8.63. The van der Waals surface area contributed by atoms with E-state index >= 15 is 0 Å². The molecule has 0 saturated carbocycles. The summed E-state index contributed by atoms with van der Waals surface area (Å²) < 4.78 is 12.5. The van der Waals surface area contributed by atoms with Gasteiger partial charge in [-0.3, -0.25) is 0 Å².